The van der Waals surface area contributed by atoms with Gasteiger partial charge in [-0.3, -0.25) is 14.4 Å². The van der Waals surface area contributed by atoms with Gasteiger partial charge in [-0.25, -0.2) is 0 Å². The normalized spacial score (nSPS) is 35.6. The van der Waals surface area contributed by atoms with Gasteiger partial charge in [0.15, 0.2) is 11.6 Å². The predicted octanol–water partition coefficient (Wildman–Crippen LogP) is 4.33. The van der Waals surface area contributed by atoms with Crippen LogP contribution in [0.4, 0.5) is 0 Å². The smallest absolute Gasteiger partial charge is 0.305 e. The first-order chi connectivity index (χ1) is 13.5. The van der Waals surface area contributed by atoms with Crippen molar-refractivity contribution in [3.63, 3.8) is 0 Å². The molecule has 0 N–H and O–H groups in total. The SMILES string of the molecule is COC(=O)CCC[C@@H]1CC(=O)C=C2[C@@]3(C)C=C(C#N)C(=O)C(C)(C)[C@@H]3CC[C@]21C. The highest BCUT2D eigenvalue weighted by Crippen LogP contribution is 2.65. The van der Waals surface area contributed by atoms with E-state index >= 15 is 0 Å². The molecule has 1 fully saturated rings. The second kappa shape index (κ2) is 7.23. The van der Waals surface area contributed by atoms with E-state index in [0.29, 0.717) is 19.3 Å². The van der Waals surface area contributed by atoms with E-state index in [9.17, 15) is 19.6 Å². The number of hydrogen-bond donors (Lipinski definition) is 0. The van der Waals surface area contributed by atoms with Crippen molar-refractivity contribution in [2.45, 2.75) is 66.2 Å². The summed E-state index contributed by atoms with van der Waals surface area (Å²) in [4.78, 5) is 37.1. The fraction of sp³-hybridized carbons (Fsp3) is 0.667. The molecule has 0 bridgehead atoms. The zero-order chi connectivity index (χ0) is 21.6. The van der Waals surface area contributed by atoms with Gasteiger partial charge in [-0.15, -0.1) is 0 Å². The molecule has 0 aromatic rings. The van der Waals surface area contributed by atoms with Crippen molar-refractivity contribution < 1.29 is 19.1 Å². The lowest BCUT2D eigenvalue weighted by Gasteiger charge is -2.59. The highest BCUT2D eigenvalue weighted by Gasteiger charge is 2.60. The van der Waals surface area contributed by atoms with Crippen LogP contribution in [0.1, 0.15) is 66.2 Å². The molecule has 29 heavy (non-hydrogen) atoms. The highest BCUT2D eigenvalue weighted by molar-refractivity contribution is 6.04. The van der Waals surface area contributed by atoms with Crippen LogP contribution in [-0.2, 0) is 19.1 Å². The lowest BCUT2D eigenvalue weighted by molar-refractivity contribution is -0.140. The van der Waals surface area contributed by atoms with Gasteiger partial charge in [-0.05, 0) is 49.0 Å². The summed E-state index contributed by atoms with van der Waals surface area (Å²) in [7, 11) is 1.39. The largest absolute Gasteiger partial charge is 0.469 e. The number of Topliss-reactive ketones (excluding diaryl/α,β-unsaturated/α-hetero) is 1. The van der Waals surface area contributed by atoms with Crippen LogP contribution < -0.4 is 0 Å². The number of nitriles is 1. The predicted molar refractivity (Wildman–Crippen MR) is 108 cm³/mol. The summed E-state index contributed by atoms with van der Waals surface area (Å²) in [6, 6.07) is 2.10. The number of rotatable bonds is 4. The molecule has 156 valence electrons. The fourth-order valence-electron chi connectivity index (χ4n) is 6.37. The lowest BCUT2D eigenvalue weighted by Crippen LogP contribution is -2.55. The van der Waals surface area contributed by atoms with Crippen LogP contribution in [0.3, 0.4) is 0 Å². The number of hydrogen-bond acceptors (Lipinski definition) is 5. The van der Waals surface area contributed by atoms with E-state index in [0.717, 1.165) is 24.8 Å². The van der Waals surface area contributed by atoms with Crippen molar-refractivity contribution in [2.24, 2.45) is 28.1 Å². The molecule has 5 nitrogen and oxygen atoms in total. The Kier molecular flexibility index (Phi) is 5.36. The zero-order valence-electron chi connectivity index (χ0n) is 18.1. The van der Waals surface area contributed by atoms with Gasteiger partial charge < -0.3 is 4.74 Å². The lowest BCUT2D eigenvalue weighted by atomic mass is 9.43. The topological polar surface area (TPSA) is 84.2 Å². The van der Waals surface area contributed by atoms with Gasteiger partial charge >= 0.3 is 5.97 Å². The van der Waals surface area contributed by atoms with Crippen LogP contribution in [0, 0.1) is 39.4 Å². The van der Waals surface area contributed by atoms with Crippen molar-refractivity contribution in [3.8, 4) is 6.07 Å². The Bertz CT molecular complexity index is 859. The summed E-state index contributed by atoms with van der Waals surface area (Å²) in [5.41, 5.74) is -0.0416. The Morgan fingerprint density at radius 2 is 1.97 bits per heavy atom. The minimum atomic E-state index is -0.641. The van der Waals surface area contributed by atoms with Crippen molar-refractivity contribution in [2.75, 3.05) is 7.11 Å². The minimum Gasteiger partial charge on any atom is -0.469 e. The number of methoxy groups -OCH3 is 1. The Balaban J connectivity index is 2.01. The third kappa shape index (κ3) is 3.27. The first kappa shape index (κ1) is 21.5. The Hall–Kier alpha value is -2.22. The summed E-state index contributed by atoms with van der Waals surface area (Å²) in [6.45, 7) is 8.18. The molecule has 5 heteroatoms. The monoisotopic (exact) mass is 397 g/mol. The van der Waals surface area contributed by atoms with Gasteiger partial charge in [-0.1, -0.05) is 39.3 Å². The van der Waals surface area contributed by atoms with E-state index in [1.54, 1.807) is 6.08 Å². The number of allylic oxidation sites excluding steroid dienone is 4. The summed E-state index contributed by atoms with van der Waals surface area (Å²) < 4.78 is 4.75. The van der Waals surface area contributed by atoms with E-state index in [1.807, 2.05) is 19.9 Å². The third-order valence-electron chi connectivity index (χ3n) is 7.95. The molecule has 3 aliphatic rings. The van der Waals surface area contributed by atoms with Crippen LogP contribution in [0.15, 0.2) is 23.3 Å². The number of carbonyl (C=O) groups excluding carboxylic acids is 3. The van der Waals surface area contributed by atoms with E-state index in [-0.39, 0.29) is 40.4 Å². The molecule has 0 radical (unpaired) electrons. The van der Waals surface area contributed by atoms with Crippen molar-refractivity contribution >= 4 is 17.5 Å². The number of ketones is 2. The molecule has 0 aliphatic heterocycles. The standard InChI is InChI=1S/C24H31NO4/c1-22(2)18-9-10-23(3)16(7-6-8-20(27)29-5)11-17(26)12-19(23)24(18,4)13-15(14-25)21(22)28/h12-13,16,18H,6-11H2,1-5H3/t16-,18+,23+,24+/m1/s1. The number of esters is 1. The van der Waals surface area contributed by atoms with Gasteiger partial charge in [-0.2, -0.15) is 5.26 Å². The summed E-state index contributed by atoms with van der Waals surface area (Å²) in [5, 5.41) is 9.58. The molecule has 0 heterocycles. The van der Waals surface area contributed by atoms with E-state index in [2.05, 4.69) is 19.9 Å². The Morgan fingerprint density at radius 3 is 2.59 bits per heavy atom. The maximum Gasteiger partial charge on any atom is 0.305 e. The fourth-order valence-corrected chi connectivity index (χ4v) is 6.37. The van der Waals surface area contributed by atoms with Crippen molar-refractivity contribution in [1.29, 1.82) is 5.26 Å². The average Bonchev–Trinajstić information content (AvgIpc) is 2.66. The first-order valence-corrected chi connectivity index (χ1v) is 10.5. The Morgan fingerprint density at radius 1 is 1.28 bits per heavy atom. The maximum absolute atomic E-state index is 12.9. The zero-order valence-corrected chi connectivity index (χ0v) is 18.1. The minimum absolute atomic E-state index is 0.0561. The van der Waals surface area contributed by atoms with E-state index in [4.69, 9.17) is 4.74 Å². The summed E-state index contributed by atoms with van der Waals surface area (Å²) in [5.74, 6) is -0.0111. The van der Waals surface area contributed by atoms with Gasteiger partial charge in [0.25, 0.3) is 0 Å². The average molecular weight is 398 g/mol. The molecule has 0 aromatic carbocycles. The molecule has 0 saturated heterocycles. The molecular formula is C24H31NO4. The molecule has 0 spiro atoms. The number of ether oxygens (including phenoxy) is 1. The van der Waals surface area contributed by atoms with Crippen LogP contribution in [0.5, 0.6) is 0 Å². The quantitative estimate of drug-likeness (QED) is 0.659. The first-order valence-electron chi connectivity index (χ1n) is 10.5. The van der Waals surface area contributed by atoms with Crippen LogP contribution in [0.25, 0.3) is 0 Å². The van der Waals surface area contributed by atoms with Crippen molar-refractivity contribution in [1.82, 2.24) is 0 Å². The molecule has 0 unspecified atom stereocenters. The van der Waals surface area contributed by atoms with Gasteiger partial charge in [0.05, 0.1) is 12.7 Å². The van der Waals surface area contributed by atoms with Crippen LogP contribution in [0.2, 0.25) is 0 Å². The molecule has 1 saturated carbocycles. The molecule has 4 atom stereocenters. The van der Waals surface area contributed by atoms with Crippen molar-refractivity contribution in [3.05, 3.63) is 23.3 Å². The molecule has 0 amide bonds. The second-order valence-electron chi connectivity index (χ2n) is 9.91. The molecule has 3 aliphatic carbocycles. The number of carbonyl (C=O) groups is 3. The highest BCUT2D eigenvalue weighted by atomic mass is 16.5. The van der Waals surface area contributed by atoms with Gasteiger partial charge in [0.2, 0.25) is 0 Å². The molecule has 3 rings (SSSR count). The van der Waals surface area contributed by atoms with Gasteiger partial charge in [0, 0.05) is 23.7 Å². The van der Waals surface area contributed by atoms with Gasteiger partial charge in [0.1, 0.15) is 6.07 Å². The maximum atomic E-state index is 12.9. The second-order valence-corrected chi connectivity index (χ2v) is 9.91. The molecule has 0 aromatic heterocycles. The summed E-state index contributed by atoms with van der Waals surface area (Å²) in [6.07, 6.45) is 7.72. The number of fused-ring (bicyclic) bond motifs is 3. The third-order valence-corrected chi connectivity index (χ3v) is 7.95. The van der Waals surface area contributed by atoms with E-state index < -0.39 is 10.8 Å². The van der Waals surface area contributed by atoms with Crippen LogP contribution >= 0.6 is 0 Å². The molecular weight excluding hydrogens is 366 g/mol. The number of nitrogens with zero attached hydrogens (tertiary/aromatic N) is 1. The summed E-state index contributed by atoms with van der Waals surface area (Å²) >= 11 is 0. The Labute approximate surface area is 173 Å². The van der Waals surface area contributed by atoms with E-state index in [1.165, 1.54) is 7.11 Å². The van der Waals surface area contributed by atoms with Crippen LogP contribution in [-0.4, -0.2) is 24.6 Å².